The minimum Gasteiger partial charge on any atom is -0.375 e. The first-order chi connectivity index (χ1) is 11.5. The molecule has 2 aliphatic rings. The lowest BCUT2D eigenvalue weighted by Gasteiger charge is -2.35. The standard InChI is InChI=1S/C17H21N3O4/c1-12(13-6-4-3-5-7-13)20-16(22)14-10-18(15(21)11-24-2)8-9-19(14)17(20)23/h3-7,12,14H,8-11H2,1-2H3. The highest BCUT2D eigenvalue weighted by molar-refractivity contribution is 6.05. The Morgan fingerprint density at radius 3 is 2.62 bits per heavy atom. The van der Waals surface area contributed by atoms with E-state index in [1.807, 2.05) is 37.3 Å². The van der Waals surface area contributed by atoms with E-state index < -0.39 is 6.04 Å². The first kappa shape index (κ1) is 16.4. The van der Waals surface area contributed by atoms with Gasteiger partial charge < -0.3 is 14.5 Å². The summed E-state index contributed by atoms with van der Waals surface area (Å²) in [6, 6.07) is 8.25. The number of benzene rings is 1. The van der Waals surface area contributed by atoms with Crippen molar-refractivity contribution in [3.63, 3.8) is 0 Å². The van der Waals surface area contributed by atoms with Crippen LogP contribution in [0.4, 0.5) is 4.79 Å². The number of fused-ring (bicyclic) bond motifs is 1. The van der Waals surface area contributed by atoms with E-state index in [4.69, 9.17) is 4.74 Å². The monoisotopic (exact) mass is 331 g/mol. The average Bonchev–Trinajstić information content (AvgIpc) is 2.86. The minimum absolute atomic E-state index is 0.0149. The van der Waals surface area contributed by atoms with Crippen molar-refractivity contribution in [1.29, 1.82) is 0 Å². The van der Waals surface area contributed by atoms with E-state index in [1.165, 1.54) is 12.0 Å². The molecule has 0 N–H and O–H groups in total. The number of carbonyl (C=O) groups excluding carboxylic acids is 3. The van der Waals surface area contributed by atoms with Gasteiger partial charge in [0, 0.05) is 20.2 Å². The Balaban J connectivity index is 1.78. The van der Waals surface area contributed by atoms with Gasteiger partial charge in [-0.1, -0.05) is 30.3 Å². The lowest BCUT2D eigenvalue weighted by molar-refractivity contribution is -0.139. The highest BCUT2D eigenvalue weighted by atomic mass is 16.5. The predicted molar refractivity (Wildman–Crippen MR) is 86.0 cm³/mol. The van der Waals surface area contributed by atoms with Gasteiger partial charge >= 0.3 is 6.03 Å². The highest BCUT2D eigenvalue weighted by Crippen LogP contribution is 2.30. The molecule has 2 heterocycles. The number of hydrogen-bond donors (Lipinski definition) is 0. The zero-order chi connectivity index (χ0) is 17.3. The molecule has 1 aromatic rings. The zero-order valence-corrected chi connectivity index (χ0v) is 13.8. The molecule has 2 saturated heterocycles. The SMILES string of the molecule is COCC(=O)N1CCN2C(=O)N(C(C)c3ccccc3)C(=O)C2C1. The number of nitrogens with zero attached hydrogens (tertiary/aromatic N) is 3. The van der Waals surface area contributed by atoms with Crippen LogP contribution in [-0.2, 0) is 14.3 Å². The van der Waals surface area contributed by atoms with Gasteiger partial charge in [0.1, 0.15) is 12.6 Å². The fourth-order valence-corrected chi connectivity index (χ4v) is 3.29. The number of carbonyl (C=O) groups is 3. The van der Waals surface area contributed by atoms with E-state index in [0.717, 1.165) is 5.56 Å². The van der Waals surface area contributed by atoms with Crippen LogP contribution in [0.2, 0.25) is 0 Å². The Morgan fingerprint density at radius 1 is 1.25 bits per heavy atom. The van der Waals surface area contributed by atoms with Crippen molar-refractivity contribution in [3.8, 4) is 0 Å². The minimum atomic E-state index is -0.599. The first-order valence-corrected chi connectivity index (χ1v) is 8.00. The lowest BCUT2D eigenvalue weighted by Crippen LogP contribution is -2.55. The second-order valence-corrected chi connectivity index (χ2v) is 6.06. The molecule has 0 aliphatic carbocycles. The largest absolute Gasteiger partial charge is 0.375 e. The van der Waals surface area contributed by atoms with Crippen LogP contribution in [0, 0.1) is 0 Å². The molecule has 2 atom stereocenters. The number of rotatable bonds is 4. The van der Waals surface area contributed by atoms with Crippen LogP contribution in [0.25, 0.3) is 0 Å². The molecular formula is C17H21N3O4. The van der Waals surface area contributed by atoms with Gasteiger partial charge in [0.2, 0.25) is 5.91 Å². The van der Waals surface area contributed by atoms with Crippen molar-refractivity contribution in [3.05, 3.63) is 35.9 Å². The number of ether oxygens (including phenoxy) is 1. The molecule has 2 aliphatic heterocycles. The molecule has 0 aromatic heterocycles. The van der Waals surface area contributed by atoms with Gasteiger partial charge in [-0.2, -0.15) is 0 Å². The molecule has 0 radical (unpaired) electrons. The van der Waals surface area contributed by atoms with Crippen LogP contribution in [0.3, 0.4) is 0 Å². The fraction of sp³-hybridized carbons (Fsp3) is 0.471. The van der Waals surface area contributed by atoms with E-state index in [1.54, 1.807) is 9.80 Å². The topological polar surface area (TPSA) is 70.2 Å². The summed E-state index contributed by atoms with van der Waals surface area (Å²) in [5.74, 6) is -0.404. The molecule has 24 heavy (non-hydrogen) atoms. The van der Waals surface area contributed by atoms with Crippen LogP contribution < -0.4 is 0 Å². The summed E-state index contributed by atoms with van der Waals surface area (Å²) in [6.45, 7) is 2.84. The summed E-state index contributed by atoms with van der Waals surface area (Å²) >= 11 is 0. The second kappa shape index (κ2) is 6.60. The van der Waals surface area contributed by atoms with Gasteiger partial charge in [-0.3, -0.25) is 14.5 Å². The molecule has 2 fully saturated rings. The Labute approximate surface area is 140 Å². The molecule has 1 aromatic carbocycles. The van der Waals surface area contributed by atoms with Crippen LogP contribution in [0.1, 0.15) is 18.5 Å². The summed E-state index contributed by atoms with van der Waals surface area (Å²) < 4.78 is 4.87. The quantitative estimate of drug-likeness (QED) is 0.768. The summed E-state index contributed by atoms with van der Waals surface area (Å²) in [5.41, 5.74) is 0.909. The van der Waals surface area contributed by atoms with Gasteiger partial charge in [-0.25, -0.2) is 4.79 Å². The van der Waals surface area contributed by atoms with Crippen molar-refractivity contribution in [2.75, 3.05) is 33.4 Å². The smallest absolute Gasteiger partial charge is 0.328 e. The molecule has 7 heteroatoms. The predicted octanol–water partition coefficient (Wildman–Crippen LogP) is 0.869. The van der Waals surface area contributed by atoms with Crippen LogP contribution in [0.15, 0.2) is 30.3 Å². The maximum Gasteiger partial charge on any atom is 0.328 e. The van der Waals surface area contributed by atoms with Crippen molar-refractivity contribution < 1.29 is 19.1 Å². The molecular weight excluding hydrogens is 310 g/mol. The lowest BCUT2D eigenvalue weighted by atomic mass is 10.1. The molecule has 0 saturated carbocycles. The highest BCUT2D eigenvalue weighted by Gasteiger charge is 2.49. The third-order valence-corrected chi connectivity index (χ3v) is 4.64. The van der Waals surface area contributed by atoms with Crippen molar-refractivity contribution >= 4 is 17.8 Å². The first-order valence-electron chi connectivity index (χ1n) is 8.00. The molecule has 2 unspecified atom stereocenters. The number of piperazine rings is 1. The summed E-state index contributed by atoms with van der Waals surface area (Å²) in [7, 11) is 1.46. The van der Waals surface area contributed by atoms with Crippen molar-refractivity contribution in [1.82, 2.24) is 14.7 Å². The van der Waals surface area contributed by atoms with Crippen LogP contribution >= 0.6 is 0 Å². The number of urea groups is 1. The molecule has 128 valence electrons. The number of hydrogen-bond acceptors (Lipinski definition) is 4. The van der Waals surface area contributed by atoms with E-state index in [0.29, 0.717) is 13.1 Å². The molecule has 0 bridgehead atoms. The molecule has 0 spiro atoms. The number of methoxy groups -OCH3 is 1. The molecule has 4 amide bonds. The normalized spacial score (nSPS) is 21.9. The van der Waals surface area contributed by atoms with Gasteiger partial charge in [0.05, 0.1) is 12.6 Å². The van der Waals surface area contributed by atoms with E-state index in [-0.39, 0.29) is 37.0 Å². The fourth-order valence-electron chi connectivity index (χ4n) is 3.29. The van der Waals surface area contributed by atoms with Gasteiger partial charge in [-0.05, 0) is 12.5 Å². The zero-order valence-electron chi connectivity index (χ0n) is 13.8. The third-order valence-electron chi connectivity index (χ3n) is 4.64. The van der Waals surface area contributed by atoms with Crippen LogP contribution in [-0.4, -0.2) is 71.9 Å². The van der Waals surface area contributed by atoms with E-state index in [2.05, 4.69) is 0 Å². The molecule has 3 rings (SSSR count). The Morgan fingerprint density at radius 2 is 1.96 bits per heavy atom. The Kier molecular flexibility index (Phi) is 4.53. The van der Waals surface area contributed by atoms with E-state index in [9.17, 15) is 14.4 Å². The summed E-state index contributed by atoms with van der Waals surface area (Å²) in [5, 5.41) is 0. The van der Waals surface area contributed by atoms with Gasteiger partial charge in [-0.15, -0.1) is 0 Å². The van der Waals surface area contributed by atoms with Crippen molar-refractivity contribution in [2.45, 2.75) is 19.0 Å². The van der Waals surface area contributed by atoms with Gasteiger partial charge in [0.15, 0.2) is 0 Å². The van der Waals surface area contributed by atoms with Crippen molar-refractivity contribution in [2.24, 2.45) is 0 Å². The van der Waals surface area contributed by atoms with Crippen LogP contribution in [0.5, 0.6) is 0 Å². The number of amides is 4. The average molecular weight is 331 g/mol. The third kappa shape index (κ3) is 2.75. The Bertz CT molecular complexity index is 648. The van der Waals surface area contributed by atoms with Gasteiger partial charge in [0.25, 0.3) is 5.91 Å². The molecule has 7 nitrogen and oxygen atoms in total. The maximum absolute atomic E-state index is 12.8. The number of imide groups is 1. The summed E-state index contributed by atoms with van der Waals surface area (Å²) in [6.07, 6.45) is 0. The van der Waals surface area contributed by atoms with E-state index >= 15 is 0 Å². The summed E-state index contributed by atoms with van der Waals surface area (Å²) in [4.78, 5) is 41.9. The second-order valence-electron chi connectivity index (χ2n) is 6.06. The Hall–Kier alpha value is -2.41. The maximum atomic E-state index is 12.8.